The molecule has 1 aromatic carbocycles. The average Bonchev–Trinajstić information content (AvgIpc) is 2.36. The minimum atomic E-state index is -0.160. The Morgan fingerprint density at radius 2 is 1.95 bits per heavy atom. The molecule has 1 aromatic rings. The smallest absolute Gasteiger partial charge is 0.126 e. The molecule has 112 valence electrons. The van der Waals surface area contributed by atoms with Gasteiger partial charge < -0.3 is 10.6 Å². The SMILES string of the molecule is Cc1cc(N2CC(C)CC(C)C2C)c([C@H](C)N)cc1F. The second-order valence-electron chi connectivity index (χ2n) is 6.66. The second-order valence-corrected chi connectivity index (χ2v) is 6.66. The Kier molecular flexibility index (Phi) is 4.38. The molecule has 1 saturated heterocycles. The van der Waals surface area contributed by atoms with Gasteiger partial charge in [0.05, 0.1) is 0 Å². The van der Waals surface area contributed by atoms with Crippen molar-refractivity contribution in [3.63, 3.8) is 0 Å². The fraction of sp³-hybridized carbons (Fsp3) is 0.647. The second kappa shape index (κ2) is 5.72. The first kappa shape index (κ1) is 15.3. The van der Waals surface area contributed by atoms with E-state index in [0.717, 1.165) is 17.8 Å². The van der Waals surface area contributed by atoms with Gasteiger partial charge in [-0.2, -0.15) is 0 Å². The molecule has 1 fully saturated rings. The van der Waals surface area contributed by atoms with Crippen LogP contribution in [-0.2, 0) is 0 Å². The molecule has 0 aliphatic carbocycles. The van der Waals surface area contributed by atoms with Gasteiger partial charge in [-0.25, -0.2) is 4.39 Å². The normalized spacial score (nSPS) is 28.6. The molecule has 0 saturated carbocycles. The van der Waals surface area contributed by atoms with Gasteiger partial charge in [-0.05, 0) is 62.3 Å². The minimum absolute atomic E-state index is 0.153. The molecule has 1 aliphatic rings. The molecule has 0 spiro atoms. The van der Waals surface area contributed by atoms with Crippen molar-refractivity contribution in [2.24, 2.45) is 17.6 Å². The lowest BCUT2D eigenvalue weighted by molar-refractivity contribution is 0.296. The average molecular weight is 278 g/mol. The van der Waals surface area contributed by atoms with E-state index in [0.29, 0.717) is 23.4 Å². The summed E-state index contributed by atoms with van der Waals surface area (Å²) in [5, 5.41) is 0. The van der Waals surface area contributed by atoms with Crippen LogP contribution in [-0.4, -0.2) is 12.6 Å². The van der Waals surface area contributed by atoms with Crippen molar-refractivity contribution < 1.29 is 4.39 Å². The lowest BCUT2D eigenvalue weighted by Crippen LogP contribution is -2.46. The van der Waals surface area contributed by atoms with Gasteiger partial charge in [0.25, 0.3) is 0 Å². The van der Waals surface area contributed by atoms with Crippen molar-refractivity contribution in [1.82, 2.24) is 0 Å². The topological polar surface area (TPSA) is 29.3 Å². The van der Waals surface area contributed by atoms with Gasteiger partial charge in [0, 0.05) is 24.3 Å². The number of piperidine rings is 1. The van der Waals surface area contributed by atoms with E-state index in [4.69, 9.17) is 5.73 Å². The van der Waals surface area contributed by atoms with Gasteiger partial charge in [-0.1, -0.05) is 13.8 Å². The van der Waals surface area contributed by atoms with Crippen LogP contribution in [0, 0.1) is 24.6 Å². The molecule has 2 nitrogen and oxygen atoms in total. The molecule has 0 aromatic heterocycles. The highest BCUT2D eigenvalue weighted by molar-refractivity contribution is 5.58. The Balaban J connectivity index is 2.47. The summed E-state index contributed by atoms with van der Waals surface area (Å²) in [6, 6.07) is 3.90. The van der Waals surface area contributed by atoms with Crippen molar-refractivity contribution in [3.8, 4) is 0 Å². The number of aryl methyl sites for hydroxylation is 1. The molecular weight excluding hydrogens is 251 g/mol. The predicted octanol–water partition coefficient (Wildman–Crippen LogP) is 4.02. The number of nitrogens with zero attached hydrogens (tertiary/aromatic N) is 1. The highest BCUT2D eigenvalue weighted by Crippen LogP contribution is 2.36. The van der Waals surface area contributed by atoms with E-state index < -0.39 is 0 Å². The first-order valence-electron chi connectivity index (χ1n) is 7.63. The number of benzene rings is 1. The van der Waals surface area contributed by atoms with Crippen LogP contribution in [0.25, 0.3) is 0 Å². The van der Waals surface area contributed by atoms with Crippen LogP contribution < -0.4 is 10.6 Å². The zero-order valence-corrected chi connectivity index (χ0v) is 13.3. The molecule has 4 atom stereocenters. The Bertz CT molecular complexity index is 484. The zero-order chi connectivity index (χ0) is 15.0. The minimum Gasteiger partial charge on any atom is -0.368 e. The number of hydrogen-bond donors (Lipinski definition) is 1. The number of hydrogen-bond acceptors (Lipinski definition) is 2. The Morgan fingerprint density at radius 1 is 1.30 bits per heavy atom. The zero-order valence-electron chi connectivity index (χ0n) is 13.3. The van der Waals surface area contributed by atoms with Gasteiger partial charge in [0.2, 0.25) is 0 Å². The van der Waals surface area contributed by atoms with E-state index >= 15 is 0 Å². The largest absolute Gasteiger partial charge is 0.368 e. The lowest BCUT2D eigenvalue weighted by atomic mass is 9.85. The van der Waals surface area contributed by atoms with Crippen LogP contribution in [0.5, 0.6) is 0 Å². The quantitative estimate of drug-likeness (QED) is 0.885. The number of halogens is 1. The summed E-state index contributed by atoms with van der Waals surface area (Å²) in [4.78, 5) is 2.42. The predicted molar refractivity (Wildman–Crippen MR) is 83.5 cm³/mol. The van der Waals surface area contributed by atoms with E-state index in [1.165, 1.54) is 6.42 Å². The molecule has 1 heterocycles. The van der Waals surface area contributed by atoms with Crippen LogP contribution in [0.3, 0.4) is 0 Å². The third-order valence-corrected chi connectivity index (χ3v) is 4.71. The molecule has 3 heteroatoms. The number of rotatable bonds is 2. The molecule has 20 heavy (non-hydrogen) atoms. The van der Waals surface area contributed by atoms with Gasteiger partial charge in [0.15, 0.2) is 0 Å². The van der Waals surface area contributed by atoms with Crippen molar-refractivity contribution in [2.75, 3.05) is 11.4 Å². The van der Waals surface area contributed by atoms with Crippen molar-refractivity contribution in [2.45, 2.75) is 53.1 Å². The lowest BCUT2D eigenvalue weighted by Gasteiger charge is -2.44. The molecule has 3 unspecified atom stereocenters. The highest BCUT2D eigenvalue weighted by atomic mass is 19.1. The van der Waals surface area contributed by atoms with Crippen molar-refractivity contribution >= 4 is 5.69 Å². The summed E-state index contributed by atoms with van der Waals surface area (Å²) in [5.74, 6) is 1.14. The van der Waals surface area contributed by atoms with Gasteiger partial charge in [-0.15, -0.1) is 0 Å². The van der Waals surface area contributed by atoms with Crippen LogP contribution in [0.4, 0.5) is 10.1 Å². The van der Waals surface area contributed by atoms with Crippen molar-refractivity contribution in [3.05, 3.63) is 29.1 Å². The molecular formula is C17H27FN2. The van der Waals surface area contributed by atoms with Gasteiger partial charge in [0.1, 0.15) is 5.82 Å². The molecule has 0 bridgehead atoms. The standard InChI is InChI=1S/C17H27FN2/c1-10-6-11(2)14(5)20(9-10)17-7-12(3)16(18)8-15(17)13(4)19/h7-8,10-11,13-14H,6,9,19H2,1-5H3/t10?,11?,13-,14?/m0/s1. The Labute approximate surface area is 122 Å². The van der Waals surface area contributed by atoms with Crippen LogP contribution in [0.1, 0.15) is 51.3 Å². The van der Waals surface area contributed by atoms with E-state index in [9.17, 15) is 4.39 Å². The third kappa shape index (κ3) is 2.83. The fourth-order valence-electron chi connectivity index (χ4n) is 3.33. The van der Waals surface area contributed by atoms with Gasteiger partial charge in [-0.3, -0.25) is 0 Å². The first-order valence-corrected chi connectivity index (χ1v) is 7.63. The molecule has 0 radical (unpaired) electrons. The Hall–Kier alpha value is -1.09. The summed E-state index contributed by atoms with van der Waals surface area (Å²) in [6.45, 7) is 11.6. The van der Waals surface area contributed by atoms with Crippen LogP contribution >= 0.6 is 0 Å². The van der Waals surface area contributed by atoms with E-state index in [2.05, 4.69) is 25.7 Å². The summed E-state index contributed by atoms with van der Waals surface area (Å²) >= 11 is 0. The fourth-order valence-corrected chi connectivity index (χ4v) is 3.33. The molecule has 0 amide bonds. The van der Waals surface area contributed by atoms with Crippen molar-refractivity contribution in [1.29, 1.82) is 0 Å². The number of nitrogens with two attached hydrogens (primary N) is 1. The summed E-state index contributed by atoms with van der Waals surface area (Å²) < 4.78 is 13.9. The number of anilines is 1. The molecule has 2 rings (SSSR count). The third-order valence-electron chi connectivity index (χ3n) is 4.71. The highest BCUT2D eigenvalue weighted by Gasteiger charge is 2.30. The summed E-state index contributed by atoms with van der Waals surface area (Å²) in [5.41, 5.74) is 8.79. The summed E-state index contributed by atoms with van der Waals surface area (Å²) in [7, 11) is 0. The van der Waals surface area contributed by atoms with E-state index in [-0.39, 0.29) is 11.9 Å². The van der Waals surface area contributed by atoms with Crippen LogP contribution in [0.2, 0.25) is 0 Å². The van der Waals surface area contributed by atoms with E-state index in [1.807, 2.05) is 19.9 Å². The molecule has 2 N–H and O–H groups in total. The molecule has 1 aliphatic heterocycles. The van der Waals surface area contributed by atoms with E-state index in [1.54, 1.807) is 6.07 Å². The Morgan fingerprint density at radius 3 is 2.55 bits per heavy atom. The summed E-state index contributed by atoms with van der Waals surface area (Å²) in [6.07, 6.45) is 1.26. The monoisotopic (exact) mass is 278 g/mol. The van der Waals surface area contributed by atoms with Crippen LogP contribution in [0.15, 0.2) is 12.1 Å². The first-order chi connectivity index (χ1) is 9.31. The maximum atomic E-state index is 13.9. The van der Waals surface area contributed by atoms with Gasteiger partial charge >= 0.3 is 0 Å². The maximum Gasteiger partial charge on any atom is 0.126 e. The maximum absolute atomic E-state index is 13.9.